The fraction of sp³-hybridized carbons (Fsp3) is 0. The molecule has 0 radical (unpaired) electrons. The van der Waals surface area contributed by atoms with Crippen LogP contribution in [0.1, 0.15) is 15.9 Å². The Hall–Kier alpha value is -4.04. The highest BCUT2D eigenvalue weighted by molar-refractivity contribution is 6.40. The summed E-state index contributed by atoms with van der Waals surface area (Å²) in [6.07, 6.45) is 4.52. The Kier molecular flexibility index (Phi) is 6.86. The van der Waals surface area contributed by atoms with E-state index in [0.29, 0.717) is 16.3 Å². The van der Waals surface area contributed by atoms with E-state index < -0.39 is 17.7 Å². The van der Waals surface area contributed by atoms with E-state index in [1.165, 1.54) is 18.3 Å². The van der Waals surface area contributed by atoms with E-state index in [9.17, 15) is 14.4 Å². The fourth-order valence-corrected chi connectivity index (χ4v) is 2.49. The minimum absolute atomic E-state index is 0.183. The maximum atomic E-state index is 12.6. The third kappa shape index (κ3) is 5.73. The minimum Gasteiger partial charge on any atom is -0.322 e. The van der Waals surface area contributed by atoms with Gasteiger partial charge in [-0.05, 0) is 54.1 Å². The van der Waals surface area contributed by atoms with Crippen molar-refractivity contribution < 1.29 is 14.4 Å². The molecule has 0 aliphatic carbocycles. The number of hydrogen-bond acceptors (Lipinski definition) is 5. The third-order valence-corrected chi connectivity index (χ3v) is 4.07. The molecular formula is C21H16ClN5O3. The monoisotopic (exact) mass is 421 g/mol. The van der Waals surface area contributed by atoms with Crippen LogP contribution in [0.5, 0.6) is 0 Å². The molecular weight excluding hydrogens is 406 g/mol. The first-order valence-corrected chi connectivity index (χ1v) is 9.11. The Labute approximate surface area is 177 Å². The number of pyridine rings is 1. The number of amides is 3. The lowest BCUT2D eigenvalue weighted by atomic mass is 10.1. The molecule has 0 atom stereocenters. The molecule has 8 nitrogen and oxygen atoms in total. The lowest BCUT2D eigenvalue weighted by Gasteiger charge is -2.11. The molecule has 0 saturated carbocycles. The maximum Gasteiger partial charge on any atom is 0.329 e. The van der Waals surface area contributed by atoms with Crippen molar-refractivity contribution in [2.45, 2.75) is 0 Å². The fourth-order valence-electron chi connectivity index (χ4n) is 2.37. The number of hydrazone groups is 1. The van der Waals surface area contributed by atoms with Crippen LogP contribution in [0.15, 0.2) is 78.2 Å². The van der Waals surface area contributed by atoms with Gasteiger partial charge in [0.2, 0.25) is 0 Å². The molecule has 0 aliphatic rings. The Bertz CT molecular complexity index is 1090. The SMILES string of the molecule is O=C(NN=Cc1ccncc1)C(=O)Nc1ccccc1C(=O)Nc1ccc(Cl)cc1. The van der Waals surface area contributed by atoms with Crippen LogP contribution in [-0.2, 0) is 9.59 Å². The summed E-state index contributed by atoms with van der Waals surface area (Å²) >= 11 is 5.84. The summed E-state index contributed by atoms with van der Waals surface area (Å²) in [6, 6.07) is 16.3. The molecule has 0 spiro atoms. The molecule has 3 amide bonds. The van der Waals surface area contributed by atoms with Crippen molar-refractivity contribution in [1.82, 2.24) is 10.4 Å². The van der Waals surface area contributed by atoms with E-state index in [2.05, 4.69) is 26.1 Å². The van der Waals surface area contributed by atoms with Crippen LogP contribution in [-0.4, -0.2) is 28.9 Å². The summed E-state index contributed by atoms with van der Waals surface area (Å²) in [5, 5.41) is 9.38. The summed E-state index contributed by atoms with van der Waals surface area (Å²) in [5.41, 5.74) is 3.74. The summed E-state index contributed by atoms with van der Waals surface area (Å²) in [6.45, 7) is 0. The first-order valence-electron chi connectivity index (χ1n) is 8.73. The molecule has 0 aliphatic heterocycles. The average molecular weight is 422 g/mol. The van der Waals surface area contributed by atoms with Gasteiger partial charge >= 0.3 is 11.8 Å². The third-order valence-electron chi connectivity index (χ3n) is 3.81. The summed E-state index contributed by atoms with van der Waals surface area (Å²) in [5.74, 6) is -2.40. The van der Waals surface area contributed by atoms with Crippen molar-refractivity contribution in [1.29, 1.82) is 0 Å². The van der Waals surface area contributed by atoms with Gasteiger partial charge < -0.3 is 10.6 Å². The lowest BCUT2D eigenvalue weighted by molar-refractivity contribution is -0.136. The van der Waals surface area contributed by atoms with Crippen molar-refractivity contribution in [2.24, 2.45) is 5.10 Å². The van der Waals surface area contributed by atoms with Gasteiger partial charge in [-0.15, -0.1) is 0 Å². The van der Waals surface area contributed by atoms with E-state index >= 15 is 0 Å². The molecule has 1 aromatic heterocycles. The normalized spacial score (nSPS) is 10.4. The Morgan fingerprint density at radius 3 is 2.30 bits per heavy atom. The second kappa shape index (κ2) is 9.94. The number of anilines is 2. The van der Waals surface area contributed by atoms with Gasteiger partial charge in [-0.3, -0.25) is 19.4 Å². The van der Waals surface area contributed by atoms with Crippen LogP contribution in [0, 0.1) is 0 Å². The number of nitrogens with one attached hydrogen (secondary N) is 3. The largest absolute Gasteiger partial charge is 0.329 e. The quantitative estimate of drug-likeness (QED) is 0.334. The number of rotatable bonds is 5. The number of aromatic nitrogens is 1. The first-order chi connectivity index (χ1) is 14.5. The highest BCUT2D eigenvalue weighted by Crippen LogP contribution is 2.19. The molecule has 3 N–H and O–H groups in total. The van der Waals surface area contributed by atoms with Gasteiger partial charge in [0, 0.05) is 23.1 Å². The highest BCUT2D eigenvalue weighted by atomic mass is 35.5. The standard InChI is InChI=1S/C21H16ClN5O3/c22-15-5-7-16(8-6-15)25-19(28)17-3-1-2-4-18(17)26-20(29)21(30)27-24-13-14-9-11-23-12-10-14/h1-13H,(H,25,28)(H,26,29)(H,27,30). The van der Waals surface area contributed by atoms with Gasteiger partial charge in [0.05, 0.1) is 17.5 Å². The number of carbonyl (C=O) groups excluding carboxylic acids is 3. The number of hydrogen-bond donors (Lipinski definition) is 3. The number of benzene rings is 2. The zero-order chi connectivity index (χ0) is 21.3. The summed E-state index contributed by atoms with van der Waals surface area (Å²) in [4.78, 5) is 40.6. The van der Waals surface area contributed by atoms with E-state index in [-0.39, 0.29) is 11.3 Å². The van der Waals surface area contributed by atoms with E-state index in [1.54, 1.807) is 60.9 Å². The Morgan fingerprint density at radius 2 is 1.57 bits per heavy atom. The van der Waals surface area contributed by atoms with Crippen molar-refractivity contribution in [3.8, 4) is 0 Å². The maximum absolute atomic E-state index is 12.6. The predicted molar refractivity (Wildman–Crippen MR) is 114 cm³/mol. The van der Waals surface area contributed by atoms with Crippen molar-refractivity contribution >= 4 is 46.9 Å². The van der Waals surface area contributed by atoms with Gasteiger partial charge in [0.15, 0.2) is 0 Å². The topological polar surface area (TPSA) is 113 Å². The van der Waals surface area contributed by atoms with Crippen LogP contribution in [0.25, 0.3) is 0 Å². The van der Waals surface area contributed by atoms with Crippen molar-refractivity contribution in [3.05, 3.63) is 89.2 Å². The molecule has 3 rings (SSSR count). The van der Waals surface area contributed by atoms with E-state index in [0.717, 1.165) is 0 Å². The molecule has 3 aromatic rings. The molecule has 1 heterocycles. The molecule has 0 unspecified atom stereocenters. The molecule has 9 heteroatoms. The van der Waals surface area contributed by atoms with Crippen LogP contribution in [0.3, 0.4) is 0 Å². The van der Waals surface area contributed by atoms with Gasteiger partial charge in [-0.1, -0.05) is 23.7 Å². The number of halogens is 1. The zero-order valence-electron chi connectivity index (χ0n) is 15.5. The molecule has 150 valence electrons. The van der Waals surface area contributed by atoms with Crippen LogP contribution < -0.4 is 16.1 Å². The van der Waals surface area contributed by atoms with Gasteiger partial charge in [-0.2, -0.15) is 5.10 Å². The molecule has 2 aromatic carbocycles. The second-order valence-corrected chi connectivity index (χ2v) is 6.38. The smallest absolute Gasteiger partial charge is 0.322 e. The molecule has 0 bridgehead atoms. The average Bonchev–Trinajstić information content (AvgIpc) is 2.76. The van der Waals surface area contributed by atoms with Crippen LogP contribution >= 0.6 is 11.6 Å². The number of nitrogens with zero attached hydrogens (tertiary/aromatic N) is 2. The zero-order valence-corrected chi connectivity index (χ0v) is 16.3. The van der Waals surface area contributed by atoms with Gasteiger partial charge in [-0.25, -0.2) is 5.43 Å². The van der Waals surface area contributed by atoms with Crippen LogP contribution in [0.2, 0.25) is 5.02 Å². The predicted octanol–water partition coefficient (Wildman–Crippen LogP) is 3.08. The second-order valence-electron chi connectivity index (χ2n) is 5.94. The van der Waals surface area contributed by atoms with E-state index in [1.807, 2.05) is 0 Å². The summed E-state index contributed by atoms with van der Waals surface area (Å²) < 4.78 is 0. The van der Waals surface area contributed by atoms with Crippen LogP contribution in [0.4, 0.5) is 11.4 Å². The van der Waals surface area contributed by atoms with Gasteiger partial charge in [0.1, 0.15) is 0 Å². The molecule has 0 fully saturated rings. The van der Waals surface area contributed by atoms with E-state index in [4.69, 9.17) is 11.6 Å². The highest BCUT2D eigenvalue weighted by Gasteiger charge is 2.17. The Morgan fingerprint density at radius 1 is 0.867 bits per heavy atom. The number of carbonyl (C=O) groups is 3. The lowest BCUT2D eigenvalue weighted by Crippen LogP contribution is -2.33. The molecule has 0 saturated heterocycles. The Balaban J connectivity index is 1.64. The minimum atomic E-state index is -0.979. The van der Waals surface area contributed by atoms with Crippen molar-refractivity contribution in [3.63, 3.8) is 0 Å². The number of para-hydroxylation sites is 1. The first kappa shape index (κ1) is 20.7. The van der Waals surface area contributed by atoms with Gasteiger partial charge in [0.25, 0.3) is 5.91 Å². The van der Waals surface area contributed by atoms with Crippen molar-refractivity contribution in [2.75, 3.05) is 10.6 Å². The summed E-state index contributed by atoms with van der Waals surface area (Å²) in [7, 11) is 0. The molecule has 30 heavy (non-hydrogen) atoms.